The Morgan fingerprint density at radius 1 is 1.03 bits per heavy atom. The van der Waals surface area contributed by atoms with Crippen LogP contribution in [0, 0.1) is 6.92 Å². The van der Waals surface area contributed by atoms with Crippen LogP contribution in [0.5, 0.6) is 0 Å². The Balaban J connectivity index is 1.50. The first kappa shape index (κ1) is 24.3. The number of hydrogen-bond donors (Lipinski definition) is 1. The number of rotatable bonds is 9. The summed E-state index contributed by atoms with van der Waals surface area (Å²) in [5.74, 6) is 1.25. The molecule has 1 N–H and O–H groups in total. The highest BCUT2D eigenvalue weighted by Gasteiger charge is 2.20. The van der Waals surface area contributed by atoms with Gasteiger partial charge < -0.3 is 14.6 Å². The van der Waals surface area contributed by atoms with Crippen molar-refractivity contribution in [2.45, 2.75) is 25.9 Å². The molecule has 4 rings (SSSR count). The number of anilines is 1. The number of para-hydroxylation sites is 1. The van der Waals surface area contributed by atoms with E-state index in [1.165, 1.54) is 11.8 Å². The van der Waals surface area contributed by atoms with Gasteiger partial charge in [-0.25, -0.2) is 0 Å². The highest BCUT2D eigenvalue weighted by Crippen LogP contribution is 2.30. The number of thioether (sulfide) groups is 1. The molecular weight excluding hydrogens is 462 g/mol. The maximum Gasteiger partial charge on any atom is 0.253 e. The Labute approximate surface area is 208 Å². The van der Waals surface area contributed by atoms with Crippen molar-refractivity contribution >= 4 is 29.3 Å². The van der Waals surface area contributed by atoms with Crippen LogP contribution in [-0.2, 0) is 4.79 Å². The highest BCUT2D eigenvalue weighted by atomic mass is 32.2. The molecule has 0 aliphatic heterocycles. The van der Waals surface area contributed by atoms with Crippen LogP contribution in [0.25, 0.3) is 17.1 Å². The van der Waals surface area contributed by atoms with Crippen molar-refractivity contribution < 1.29 is 14.0 Å². The molecule has 0 saturated carbocycles. The van der Waals surface area contributed by atoms with E-state index < -0.39 is 0 Å². The lowest BCUT2D eigenvalue weighted by Gasteiger charge is -2.19. The molecule has 2 heterocycles. The summed E-state index contributed by atoms with van der Waals surface area (Å²) in [6, 6.07) is 18.6. The molecule has 0 unspecified atom stereocenters. The first-order valence-corrected chi connectivity index (χ1v) is 12.4. The Morgan fingerprint density at radius 2 is 1.80 bits per heavy atom. The minimum atomic E-state index is -0.203. The largest absolute Gasteiger partial charge is 0.469 e. The summed E-state index contributed by atoms with van der Waals surface area (Å²) < 4.78 is 7.38. The predicted molar refractivity (Wildman–Crippen MR) is 137 cm³/mol. The van der Waals surface area contributed by atoms with Crippen molar-refractivity contribution in [2.75, 3.05) is 24.2 Å². The second-order valence-corrected chi connectivity index (χ2v) is 8.71. The van der Waals surface area contributed by atoms with E-state index in [0.717, 1.165) is 17.0 Å². The third-order valence-corrected chi connectivity index (χ3v) is 6.45. The van der Waals surface area contributed by atoms with Gasteiger partial charge in [0.2, 0.25) is 5.91 Å². The number of nitrogens with zero attached hydrogens (tertiary/aromatic N) is 4. The van der Waals surface area contributed by atoms with E-state index in [9.17, 15) is 9.59 Å². The summed E-state index contributed by atoms with van der Waals surface area (Å²) in [6.45, 7) is 7.02. The maximum absolute atomic E-state index is 12.8. The first-order valence-electron chi connectivity index (χ1n) is 11.4. The van der Waals surface area contributed by atoms with Crippen molar-refractivity contribution in [1.82, 2.24) is 19.7 Å². The van der Waals surface area contributed by atoms with Crippen LogP contribution in [0.1, 0.15) is 30.0 Å². The molecule has 2 amide bonds. The van der Waals surface area contributed by atoms with E-state index in [4.69, 9.17) is 4.42 Å². The Hall–Kier alpha value is -3.85. The number of carbonyl (C=O) groups is 2. The molecule has 0 aliphatic carbocycles. The lowest BCUT2D eigenvalue weighted by Crippen LogP contribution is -2.30. The minimum Gasteiger partial charge on any atom is -0.469 e. The average molecular weight is 490 g/mol. The van der Waals surface area contributed by atoms with E-state index in [2.05, 4.69) is 15.5 Å². The highest BCUT2D eigenvalue weighted by molar-refractivity contribution is 7.99. The van der Waals surface area contributed by atoms with Gasteiger partial charge in [-0.2, -0.15) is 0 Å². The van der Waals surface area contributed by atoms with Gasteiger partial charge in [0, 0.05) is 30.0 Å². The molecule has 0 bridgehead atoms. The second kappa shape index (κ2) is 11.1. The molecule has 0 atom stereocenters. The third-order valence-electron chi connectivity index (χ3n) is 5.52. The Morgan fingerprint density at radius 3 is 2.49 bits per heavy atom. The zero-order valence-electron chi connectivity index (χ0n) is 19.9. The summed E-state index contributed by atoms with van der Waals surface area (Å²) >= 11 is 1.29. The van der Waals surface area contributed by atoms with Crippen molar-refractivity contribution in [1.29, 1.82) is 0 Å². The summed E-state index contributed by atoms with van der Waals surface area (Å²) in [4.78, 5) is 27.1. The zero-order valence-corrected chi connectivity index (χ0v) is 20.7. The monoisotopic (exact) mass is 489 g/mol. The topological polar surface area (TPSA) is 93.3 Å². The smallest absolute Gasteiger partial charge is 0.253 e. The van der Waals surface area contributed by atoms with Gasteiger partial charge in [0.15, 0.2) is 11.0 Å². The van der Waals surface area contributed by atoms with Crippen LogP contribution in [-0.4, -0.2) is 50.3 Å². The van der Waals surface area contributed by atoms with Gasteiger partial charge in [-0.15, -0.1) is 10.2 Å². The van der Waals surface area contributed by atoms with Gasteiger partial charge in [0.25, 0.3) is 5.91 Å². The van der Waals surface area contributed by atoms with Crippen LogP contribution in [0.3, 0.4) is 0 Å². The van der Waals surface area contributed by atoms with Crippen LogP contribution < -0.4 is 5.32 Å². The van der Waals surface area contributed by atoms with E-state index >= 15 is 0 Å². The van der Waals surface area contributed by atoms with Gasteiger partial charge >= 0.3 is 0 Å². The number of aryl methyl sites for hydroxylation is 1. The van der Waals surface area contributed by atoms with Gasteiger partial charge in [-0.1, -0.05) is 36.0 Å². The van der Waals surface area contributed by atoms with Crippen LogP contribution in [0.2, 0.25) is 0 Å². The maximum atomic E-state index is 12.8. The number of hydrogen-bond acceptors (Lipinski definition) is 6. The Kier molecular flexibility index (Phi) is 7.67. The van der Waals surface area contributed by atoms with Crippen LogP contribution in [0.4, 0.5) is 5.69 Å². The fourth-order valence-electron chi connectivity index (χ4n) is 3.72. The number of benzene rings is 2. The van der Waals surface area contributed by atoms with Crippen LogP contribution >= 0.6 is 11.8 Å². The molecule has 2 aromatic heterocycles. The van der Waals surface area contributed by atoms with E-state index in [1.54, 1.807) is 35.4 Å². The number of furan rings is 1. The van der Waals surface area contributed by atoms with Crippen molar-refractivity contribution in [3.05, 3.63) is 78.3 Å². The van der Waals surface area contributed by atoms with E-state index in [1.807, 2.05) is 61.7 Å². The number of aromatic nitrogens is 3. The van der Waals surface area contributed by atoms with Gasteiger partial charge in [-0.3, -0.25) is 14.2 Å². The van der Waals surface area contributed by atoms with Gasteiger partial charge in [0.05, 0.1) is 17.6 Å². The quantitative estimate of drug-likeness (QED) is 0.331. The van der Waals surface area contributed by atoms with Gasteiger partial charge in [-0.05, 0) is 57.2 Å². The van der Waals surface area contributed by atoms with Crippen molar-refractivity contribution in [3.8, 4) is 17.1 Å². The standard InChI is InChI=1S/C26H27N5O3S/c1-4-30(5-2)25(33)19-10-9-11-20(16-19)27-23(32)17-35-26-29-28-24(22-14-15-34-18(22)3)31(26)21-12-7-6-8-13-21/h6-16H,4-5,17H2,1-3H3,(H,27,32). The summed E-state index contributed by atoms with van der Waals surface area (Å²) in [5, 5.41) is 12.2. The van der Waals surface area contributed by atoms with Crippen molar-refractivity contribution in [2.24, 2.45) is 0 Å². The molecule has 35 heavy (non-hydrogen) atoms. The molecule has 8 nitrogen and oxygen atoms in total. The first-order chi connectivity index (χ1) is 17.0. The Bertz CT molecular complexity index is 1310. The van der Waals surface area contributed by atoms with E-state index in [-0.39, 0.29) is 17.6 Å². The molecule has 180 valence electrons. The number of amides is 2. The lowest BCUT2D eigenvalue weighted by atomic mass is 10.1. The SMILES string of the molecule is CCN(CC)C(=O)c1cccc(NC(=O)CSc2nnc(-c3ccoc3C)n2-c2ccccc2)c1. The molecule has 4 aromatic rings. The fourth-order valence-corrected chi connectivity index (χ4v) is 4.47. The molecule has 9 heteroatoms. The average Bonchev–Trinajstić information content (AvgIpc) is 3.49. The van der Waals surface area contributed by atoms with Crippen LogP contribution in [0.15, 0.2) is 76.5 Å². The van der Waals surface area contributed by atoms with Gasteiger partial charge in [0.1, 0.15) is 5.76 Å². The normalized spacial score (nSPS) is 10.8. The second-order valence-electron chi connectivity index (χ2n) is 7.76. The predicted octanol–water partition coefficient (Wildman–Crippen LogP) is 5.05. The minimum absolute atomic E-state index is 0.0569. The van der Waals surface area contributed by atoms with E-state index in [0.29, 0.717) is 35.3 Å². The molecule has 0 spiro atoms. The number of carbonyl (C=O) groups excluding carboxylic acids is 2. The summed E-state index contributed by atoms with van der Waals surface area (Å²) in [6.07, 6.45) is 1.62. The molecule has 2 aromatic carbocycles. The fraction of sp³-hybridized carbons (Fsp3) is 0.231. The number of nitrogens with one attached hydrogen (secondary N) is 1. The molecule has 0 saturated heterocycles. The molecule has 0 radical (unpaired) electrons. The summed E-state index contributed by atoms with van der Waals surface area (Å²) in [5.41, 5.74) is 2.85. The summed E-state index contributed by atoms with van der Waals surface area (Å²) in [7, 11) is 0. The molecule has 0 aliphatic rings. The molecular formula is C26H27N5O3S. The zero-order chi connectivity index (χ0) is 24.8. The van der Waals surface area contributed by atoms with Crippen molar-refractivity contribution in [3.63, 3.8) is 0 Å². The third kappa shape index (κ3) is 5.46. The lowest BCUT2D eigenvalue weighted by molar-refractivity contribution is -0.113. The molecule has 0 fully saturated rings.